The molecule has 0 saturated carbocycles. The summed E-state index contributed by atoms with van der Waals surface area (Å²) in [5.74, 6) is -0.510. The molecule has 0 spiro atoms. The number of anilines is 1. The average molecular weight is 519 g/mol. The molecule has 13 heteroatoms. The fraction of sp³-hybridized carbons (Fsp3) is 0.360. The molecule has 38 heavy (non-hydrogen) atoms. The second-order valence-corrected chi connectivity index (χ2v) is 9.77. The van der Waals surface area contributed by atoms with Crippen molar-refractivity contribution in [3.63, 3.8) is 0 Å². The van der Waals surface area contributed by atoms with Crippen LogP contribution in [0.4, 0.5) is 5.95 Å². The van der Waals surface area contributed by atoms with Crippen molar-refractivity contribution in [1.82, 2.24) is 34.4 Å². The Kier molecular flexibility index (Phi) is 6.23. The minimum atomic E-state index is -1.49. The fourth-order valence-corrected chi connectivity index (χ4v) is 4.69. The van der Waals surface area contributed by atoms with Crippen LogP contribution in [0.15, 0.2) is 40.3 Å². The molecule has 1 fully saturated rings. The van der Waals surface area contributed by atoms with Gasteiger partial charge in [-0.3, -0.25) is 34.2 Å². The topological polar surface area (TPSA) is 176 Å². The number of amides is 2. The van der Waals surface area contributed by atoms with E-state index in [1.807, 2.05) is 0 Å². The summed E-state index contributed by atoms with van der Waals surface area (Å²) in [6, 6.07) is 3.15. The van der Waals surface area contributed by atoms with Crippen molar-refractivity contribution in [3.05, 3.63) is 51.6 Å². The Labute approximate surface area is 215 Å². The molecule has 0 radical (unpaired) electrons. The van der Waals surface area contributed by atoms with Gasteiger partial charge >= 0.3 is 5.69 Å². The Hall–Kier alpha value is -4.52. The molecule has 2 amide bonds. The first-order valence-corrected chi connectivity index (χ1v) is 12.1. The van der Waals surface area contributed by atoms with Gasteiger partial charge in [-0.1, -0.05) is 0 Å². The number of carbonyl (C=O) groups is 2. The number of hydrogen-bond acceptors (Lipinski definition) is 9. The van der Waals surface area contributed by atoms with Gasteiger partial charge in [0.25, 0.3) is 11.5 Å². The SMILES string of the molecule is CC(=O)Nc1ncc(-c2ccc3ncc4c(=O)[nH]c(=O)n(C5CCN(C(=O)C(C)(C)O)CC5)c4c3n2)cn1. The maximum atomic E-state index is 13.1. The zero-order valence-electron chi connectivity index (χ0n) is 21.1. The molecule has 1 aliphatic rings. The van der Waals surface area contributed by atoms with Crippen LogP contribution in [0.2, 0.25) is 0 Å². The van der Waals surface area contributed by atoms with Gasteiger partial charge in [0.15, 0.2) is 0 Å². The third-order valence-corrected chi connectivity index (χ3v) is 6.49. The third kappa shape index (κ3) is 4.63. The summed E-state index contributed by atoms with van der Waals surface area (Å²) in [6.07, 6.45) is 5.35. The summed E-state index contributed by atoms with van der Waals surface area (Å²) in [4.78, 5) is 71.0. The molecule has 0 aromatic carbocycles. The molecule has 0 atom stereocenters. The predicted molar refractivity (Wildman–Crippen MR) is 138 cm³/mol. The first-order valence-electron chi connectivity index (χ1n) is 12.1. The van der Waals surface area contributed by atoms with Crippen LogP contribution in [0, 0.1) is 0 Å². The van der Waals surface area contributed by atoms with Crippen LogP contribution < -0.4 is 16.6 Å². The van der Waals surface area contributed by atoms with Gasteiger partial charge in [0.1, 0.15) is 11.1 Å². The first-order chi connectivity index (χ1) is 18.0. The number of rotatable bonds is 4. The van der Waals surface area contributed by atoms with Gasteiger partial charge in [0.2, 0.25) is 11.9 Å². The number of H-pyrrole nitrogens is 1. The maximum absolute atomic E-state index is 13.1. The molecule has 5 heterocycles. The lowest BCUT2D eigenvalue weighted by atomic mass is 10.0. The molecule has 4 aromatic rings. The summed E-state index contributed by atoms with van der Waals surface area (Å²) < 4.78 is 1.53. The van der Waals surface area contributed by atoms with Crippen LogP contribution in [-0.2, 0) is 9.59 Å². The van der Waals surface area contributed by atoms with E-state index in [-0.39, 0.29) is 29.2 Å². The Balaban J connectivity index is 1.60. The average Bonchev–Trinajstić information content (AvgIpc) is 2.88. The van der Waals surface area contributed by atoms with Crippen molar-refractivity contribution in [3.8, 4) is 11.3 Å². The van der Waals surface area contributed by atoms with Gasteiger partial charge in [-0.05, 0) is 38.8 Å². The number of carbonyl (C=O) groups excluding carboxylic acids is 2. The quantitative estimate of drug-likeness (QED) is 0.332. The number of pyridine rings is 2. The van der Waals surface area contributed by atoms with Gasteiger partial charge in [-0.15, -0.1) is 0 Å². The van der Waals surface area contributed by atoms with Gasteiger partial charge in [0, 0.05) is 50.2 Å². The van der Waals surface area contributed by atoms with Crippen molar-refractivity contribution >= 4 is 39.7 Å². The number of aliphatic hydroxyl groups is 1. The minimum absolute atomic E-state index is 0.156. The Morgan fingerprint density at radius 1 is 1.08 bits per heavy atom. The van der Waals surface area contributed by atoms with Crippen molar-refractivity contribution < 1.29 is 14.7 Å². The number of hydrogen-bond donors (Lipinski definition) is 3. The van der Waals surface area contributed by atoms with E-state index in [9.17, 15) is 24.3 Å². The van der Waals surface area contributed by atoms with Crippen molar-refractivity contribution in [1.29, 1.82) is 0 Å². The smallest absolute Gasteiger partial charge is 0.329 e. The minimum Gasteiger partial charge on any atom is -0.381 e. The highest BCUT2D eigenvalue weighted by atomic mass is 16.3. The van der Waals surface area contributed by atoms with Crippen molar-refractivity contribution in [2.75, 3.05) is 18.4 Å². The lowest BCUT2D eigenvalue weighted by Crippen LogP contribution is -2.49. The summed E-state index contributed by atoms with van der Waals surface area (Å²) in [6.45, 7) is 4.95. The zero-order chi connectivity index (χ0) is 27.2. The number of aromatic amines is 1. The van der Waals surface area contributed by atoms with E-state index in [1.54, 1.807) is 17.0 Å². The number of nitrogens with zero attached hydrogens (tertiary/aromatic N) is 6. The maximum Gasteiger partial charge on any atom is 0.329 e. The van der Waals surface area contributed by atoms with Gasteiger partial charge < -0.3 is 10.0 Å². The summed E-state index contributed by atoms with van der Waals surface area (Å²) >= 11 is 0. The Morgan fingerprint density at radius 3 is 2.39 bits per heavy atom. The van der Waals surface area contributed by atoms with Crippen LogP contribution in [-0.4, -0.2) is 70.0 Å². The van der Waals surface area contributed by atoms with Gasteiger partial charge in [-0.2, -0.15) is 0 Å². The van der Waals surface area contributed by atoms with Crippen molar-refractivity contribution in [2.24, 2.45) is 0 Å². The van der Waals surface area contributed by atoms with E-state index in [4.69, 9.17) is 4.98 Å². The van der Waals surface area contributed by atoms with E-state index in [2.05, 4.69) is 25.3 Å². The van der Waals surface area contributed by atoms with E-state index in [0.717, 1.165) is 0 Å². The number of fused-ring (bicyclic) bond motifs is 3. The highest BCUT2D eigenvalue weighted by Gasteiger charge is 2.33. The highest BCUT2D eigenvalue weighted by Crippen LogP contribution is 2.29. The molecular formula is C25H26N8O5. The molecule has 5 rings (SSSR count). The zero-order valence-corrected chi connectivity index (χ0v) is 21.1. The molecule has 0 unspecified atom stereocenters. The Bertz CT molecular complexity index is 1680. The van der Waals surface area contributed by atoms with Crippen LogP contribution in [0.1, 0.15) is 39.7 Å². The normalized spacial score (nSPS) is 14.7. The monoisotopic (exact) mass is 518 g/mol. The number of aromatic nitrogens is 6. The molecule has 3 N–H and O–H groups in total. The molecule has 4 aromatic heterocycles. The number of piperidine rings is 1. The molecule has 1 aliphatic heterocycles. The standard InChI is InChI=1S/C25H26N8O5/c1-13(34)29-23-27-10-14(11-28-23)17-4-5-18-19(30-17)20-16(12-26-18)21(35)31-24(37)33(20)15-6-8-32(9-7-15)22(36)25(2,3)38/h4-5,10-12,15,38H,6-9H2,1-3H3,(H,31,35,37)(H,27,28,29,34). The van der Waals surface area contributed by atoms with Crippen LogP contribution in [0.3, 0.4) is 0 Å². The van der Waals surface area contributed by atoms with Gasteiger partial charge in [-0.25, -0.2) is 19.7 Å². The number of nitrogens with one attached hydrogen (secondary N) is 2. The van der Waals surface area contributed by atoms with E-state index < -0.39 is 16.9 Å². The van der Waals surface area contributed by atoms with Crippen LogP contribution in [0.25, 0.3) is 33.2 Å². The summed E-state index contributed by atoms with van der Waals surface area (Å²) in [7, 11) is 0. The second-order valence-electron chi connectivity index (χ2n) is 9.77. The number of likely N-dealkylation sites (tertiary alicyclic amines) is 1. The lowest BCUT2D eigenvalue weighted by Gasteiger charge is -2.36. The van der Waals surface area contributed by atoms with E-state index >= 15 is 0 Å². The van der Waals surface area contributed by atoms with Crippen molar-refractivity contribution in [2.45, 2.75) is 45.3 Å². The predicted octanol–water partition coefficient (Wildman–Crippen LogP) is 0.983. The molecule has 13 nitrogen and oxygen atoms in total. The summed E-state index contributed by atoms with van der Waals surface area (Å²) in [5, 5.41) is 12.8. The lowest BCUT2D eigenvalue weighted by molar-refractivity contribution is -0.149. The molecular weight excluding hydrogens is 492 g/mol. The molecule has 0 bridgehead atoms. The van der Waals surface area contributed by atoms with Crippen LogP contribution in [0.5, 0.6) is 0 Å². The second kappa shape index (κ2) is 9.41. The molecule has 196 valence electrons. The summed E-state index contributed by atoms with van der Waals surface area (Å²) in [5.41, 5.74) is -0.358. The highest BCUT2D eigenvalue weighted by molar-refractivity contribution is 6.01. The fourth-order valence-electron chi connectivity index (χ4n) is 4.69. The van der Waals surface area contributed by atoms with Crippen LogP contribution >= 0.6 is 0 Å². The third-order valence-electron chi connectivity index (χ3n) is 6.49. The van der Waals surface area contributed by atoms with Gasteiger partial charge in [0.05, 0.1) is 22.1 Å². The molecule has 0 aliphatic carbocycles. The van der Waals surface area contributed by atoms with E-state index in [1.165, 1.54) is 43.9 Å². The largest absolute Gasteiger partial charge is 0.381 e. The first kappa shape index (κ1) is 25.1. The Morgan fingerprint density at radius 2 is 1.76 bits per heavy atom. The molecule has 1 saturated heterocycles. The van der Waals surface area contributed by atoms with E-state index in [0.29, 0.717) is 53.7 Å².